The number of aromatic nitrogens is 3. The van der Waals surface area contributed by atoms with Crippen LogP contribution in [0, 0.1) is 0 Å². The van der Waals surface area contributed by atoms with E-state index in [2.05, 4.69) is 32.1 Å². The van der Waals surface area contributed by atoms with Gasteiger partial charge in [-0.3, -0.25) is 9.78 Å². The Bertz CT molecular complexity index is 1850. The summed E-state index contributed by atoms with van der Waals surface area (Å²) in [4.78, 5) is 55.7. The molecule has 1 N–H and O–H groups in total. The van der Waals surface area contributed by atoms with Crippen LogP contribution < -0.4 is 10.2 Å². The van der Waals surface area contributed by atoms with Gasteiger partial charge in [0, 0.05) is 37.9 Å². The molecule has 0 aliphatic carbocycles. The van der Waals surface area contributed by atoms with Crippen molar-refractivity contribution in [3.05, 3.63) is 66.0 Å². The predicted octanol–water partition coefficient (Wildman–Crippen LogP) is 6.27. The van der Waals surface area contributed by atoms with E-state index in [9.17, 15) is 14.4 Å². The molecule has 4 aromatic rings. The third kappa shape index (κ3) is 6.64. The van der Waals surface area contributed by atoms with Crippen molar-refractivity contribution >= 4 is 46.3 Å². The number of nitrogens with zero attached hydrogens (tertiary/aromatic N) is 6. The van der Waals surface area contributed by atoms with E-state index in [-0.39, 0.29) is 6.54 Å². The maximum Gasteiger partial charge on any atom is 0.419 e. The van der Waals surface area contributed by atoms with Crippen molar-refractivity contribution in [1.29, 1.82) is 0 Å². The molecule has 0 unspecified atom stereocenters. The molecule has 47 heavy (non-hydrogen) atoms. The topological polar surface area (TPSA) is 122 Å². The SMILES string of the molecule is CN1CCN(c2ccc(Nc3ccc(-c4cc5ncccc5n4C(=O)OC(C)(C)C)c4c3C(=O)N(C(=O)OC(C)(C)C)C4)nc2)CC1. The first-order valence-corrected chi connectivity index (χ1v) is 15.8. The van der Waals surface area contributed by atoms with Gasteiger partial charge in [0.1, 0.15) is 17.0 Å². The number of fused-ring (bicyclic) bond motifs is 2. The molecule has 1 aromatic carbocycles. The summed E-state index contributed by atoms with van der Waals surface area (Å²) in [5, 5.41) is 3.31. The van der Waals surface area contributed by atoms with Crippen molar-refractivity contribution in [1.82, 2.24) is 24.3 Å². The molecule has 0 bridgehead atoms. The summed E-state index contributed by atoms with van der Waals surface area (Å²) >= 11 is 0. The average Bonchev–Trinajstić information content (AvgIpc) is 3.55. The van der Waals surface area contributed by atoms with Crippen LogP contribution in [-0.2, 0) is 16.0 Å². The van der Waals surface area contributed by atoms with Gasteiger partial charge in [0.2, 0.25) is 0 Å². The largest absolute Gasteiger partial charge is 0.443 e. The Labute approximate surface area is 274 Å². The highest BCUT2D eigenvalue weighted by atomic mass is 16.6. The van der Waals surface area contributed by atoms with Crippen molar-refractivity contribution in [3.63, 3.8) is 0 Å². The summed E-state index contributed by atoms with van der Waals surface area (Å²) in [7, 11) is 2.12. The fourth-order valence-corrected chi connectivity index (χ4v) is 5.82. The summed E-state index contributed by atoms with van der Waals surface area (Å²) in [6.07, 6.45) is 2.14. The van der Waals surface area contributed by atoms with Crippen LogP contribution in [-0.4, -0.2) is 86.9 Å². The van der Waals surface area contributed by atoms with Crippen LogP contribution in [0.3, 0.4) is 0 Å². The number of hydrogen-bond donors (Lipinski definition) is 1. The zero-order valence-corrected chi connectivity index (χ0v) is 28.0. The van der Waals surface area contributed by atoms with Crippen molar-refractivity contribution < 1.29 is 23.9 Å². The van der Waals surface area contributed by atoms with Crippen molar-refractivity contribution in [2.45, 2.75) is 59.3 Å². The van der Waals surface area contributed by atoms with E-state index >= 15 is 0 Å². The van der Waals surface area contributed by atoms with Crippen LogP contribution in [0.1, 0.15) is 57.5 Å². The minimum Gasteiger partial charge on any atom is -0.443 e. The minimum atomic E-state index is -0.805. The molecule has 12 heteroatoms. The highest BCUT2D eigenvalue weighted by Gasteiger charge is 2.39. The summed E-state index contributed by atoms with van der Waals surface area (Å²) in [6, 6.07) is 12.8. The predicted molar refractivity (Wildman–Crippen MR) is 180 cm³/mol. The van der Waals surface area contributed by atoms with E-state index in [1.807, 2.05) is 24.4 Å². The number of pyridine rings is 2. The van der Waals surface area contributed by atoms with Crippen molar-refractivity contribution in [3.8, 4) is 11.3 Å². The Kier molecular flexibility index (Phi) is 8.17. The second-order valence-electron chi connectivity index (χ2n) is 14.0. The Morgan fingerprint density at radius 2 is 1.57 bits per heavy atom. The molecule has 2 amide bonds. The molecule has 1 fully saturated rings. The molecule has 5 heterocycles. The molecule has 0 radical (unpaired) electrons. The number of nitrogens with one attached hydrogen (secondary N) is 1. The number of anilines is 3. The maximum absolute atomic E-state index is 14.0. The molecule has 0 spiro atoms. The van der Waals surface area contributed by atoms with E-state index in [0.717, 1.165) is 36.8 Å². The van der Waals surface area contributed by atoms with Gasteiger partial charge in [-0.1, -0.05) is 6.07 Å². The first-order valence-electron chi connectivity index (χ1n) is 15.8. The Morgan fingerprint density at radius 3 is 2.23 bits per heavy atom. The van der Waals surface area contributed by atoms with E-state index in [1.165, 1.54) is 4.57 Å². The third-order valence-electron chi connectivity index (χ3n) is 8.00. The number of imide groups is 1. The molecule has 2 aliphatic heterocycles. The van der Waals surface area contributed by atoms with Gasteiger partial charge in [-0.15, -0.1) is 0 Å². The molecule has 1 saturated heterocycles. The number of hydrogen-bond acceptors (Lipinski definition) is 10. The third-order valence-corrected chi connectivity index (χ3v) is 8.00. The fourth-order valence-electron chi connectivity index (χ4n) is 5.82. The number of rotatable bonds is 4. The zero-order chi connectivity index (χ0) is 33.7. The lowest BCUT2D eigenvalue weighted by molar-refractivity contribution is 0.0247. The summed E-state index contributed by atoms with van der Waals surface area (Å²) < 4.78 is 12.9. The Morgan fingerprint density at radius 1 is 0.872 bits per heavy atom. The zero-order valence-electron chi connectivity index (χ0n) is 28.0. The molecular formula is C35H41N7O5. The van der Waals surface area contributed by atoms with Crippen LogP contribution >= 0.6 is 0 Å². The maximum atomic E-state index is 14.0. The first kappa shape index (κ1) is 32.0. The number of carbonyl (C=O) groups is 3. The molecule has 6 rings (SSSR count). The first-order chi connectivity index (χ1) is 22.2. The van der Waals surface area contributed by atoms with Gasteiger partial charge in [0.05, 0.1) is 46.4 Å². The van der Waals surface area contributed by atoms with E-state index in [4.69, 9.17) is 9.47 Å². The van der Waals surface area contributed by atoms with Gasteiger partial charge >= 0.3 is 12.2 Å². The number of likely N-dealkylation sites (N-methyl/N-ethyl adjacent to an activating group) is 1. The molecule has 0 saturated carbocycles. The quantitative estimate of drug-likeness (QED) is 0.274. The molecule has 2 aliphatic rings. The lowest BCUT2D eigenvalue weighted by atomic mass is 9.98. The molecule has 0 atom stereocenters. The van der Waals surface area contributed by atoms with Gasteiger partial charge in [-0.05, 0) is 90.6 Å². The van der Waals surface area contributed by atoms with Crippen molar-refractivity contribution in [2.75, 3.05) is 43.4 Å². The second-order valence-corrected chi connectivity index (χ2v) is 14.0. The highest BCUT2D eigenvalue weighted by molar-refractivity contribution is 6.12. The summed E-state index contributed by atoms with van der Waals surface area (Å²) in [6.45, 7) is 14.4. The lowest BCUT2D eigenvalue weighted by Gasteiger charge is -2.33. The number of amides is 2. The van der Waals surface area contributed by atoms with E-state index < -0.39 is 29.3 Å². The van der Waals surface area contributed by atoms with Crippen LogP contribution in [0.5, 0.6) is 0 Å². The summed E-state index contributed by atoms with van der Waals surface area (Å²) in [5.41, 5.74) is 3.04. The molecule has 12 nitrogen and oxygen atoms in total. The molecular weight excluding hydrogens is 598 g/mol. The summed E-state index contributed by atoms with van der Waals surface area (Å²) in [5.74, 6) is 0.0409. The standard InChI is InChI=1S/C35H41N7O5/c1-34(2,3)46-32(44)41-21-24-23(28-19-26-27(9-8-14-36-26)42(28)33(45)47-35(4,5)6)11-12-25(30(24)31(41)43)38-29-13-10-22(20-37-29)40-17-15-39(7)16-18-40/h8-14,19-20H,15-18,21H2,1-7H3,(H,37,38). The average molecular weight is 640 g/mol. The van der Waals surface area contributed by atoms with Gasteiger partial charge in [-0.2, -0.15) is 0 Å². The molecule has 3 aromatic heterocycles. The normalized spacial score (nSPS) is 15.6. The van der Waals surface area contributed by atoms with Gasteiger partial charge in [-0.25, -0.2) is 24.0 Å². The number of piperazine rings is 1. The van der Waals surface area contributed by atoms with Crippen molar-refractivity contribution in [2.24, 2.45) is 0 Å². The highest BCUT2D eigenvalue weighted by Crippen LogP contribution is 2.40. The Hall–Kier alpha value is -4.97. The fraction of sp³-hybridized carbons (Fsp3) is 0.400. The van der Waals surface area contributed by atoms with Crippen LogP contribution in [0.2, 0.25) is 0 Å². The monoisotopic (exact) mass is 639 g/mol. The van der Waals surface area contributed by atoms with Crippen LogP contribution in [0.4, 0.5) is 26.8 Å². The van der Waals surface area contributed by atoms with Gasteiger partial charge in [0.25, 0.3) is 5.91 Å². The van der Waals surface area contributed by atoms with Gasteiger partial charge < -0.3 is 24.6 Å². The lowest BCUT2D eigenvalue weighted by Crippen LogP contribution is -2.44. The van der Waals surface area contributed by atoms with E-state index in [1.54, 1.807) is 72.0 Å². The number of benzene rings is 1. The van der Waals surface area contributed by atoms with E-state index in [0.29, 0.717) is 44.9 Å². The Balaban J connectivity index is 1.42. The number of carbonyl (C=O) groups excluding carboxylic acids is 3. The minimum absolute atomic E-state index is 0.0486. The second kappa shape index (κ2) is 12.0. The van der Waals surface area contributed by atoms with Gasteiger partial charge in [0.15, 0.2) is 0 Å². The van der Waals surface area contributed by atoms with Crippen LogP contribution in [0.25, 0.3) is 22.3 Å². The molecule has 246 valence electrons. The van der Waals surface area contributed by atoms with Crippen LogP contribution in [0.15, 0.2) is 54.9 Å². The number of ether oxygens (including phenoxy) is 2. The smallest absolute Gasteiger partial charge is 0.419 e.